The van der Waals surface area contributed by atoms with E-state index in [-0.39, 0.29) is 12.4 Å². The first-order valence-electron chi connectivity index (χ1n) is 8.57. The molecule has 1 aliphatic heterocycles. The maximum Gasteiger partial charge on any atom is 0.271 e. The molecule has 6 nitrogen and oxygen atoms in total. The van der Waals surface area contributed by atoms with Gasteiger partial charge in [-0.25, -0.2) is 13.4 Å². The first kappa shape index (κ1) is 21.3. The fourth-order valence-electron chi connectivity index (χ4n) is 3.12. The van der Waals surface area contributed by atoms with Gasteiger partial charge in [0.25, 0.3) is 10.0 Å². The highest BCUT2D eigenvalue weighted by Crippen LogP contribution is 2.35. The van der Waals surface area contributed by atoms with Gasteiger partial charge in [0.1, 0.15) is 10.0 Å². The van der Waals surface area contributed by atoms with Gasteiger partial charge in [-0.05, 0) is 42.8 Å². The summed E-state index contributed by atoms with van der Waals surface area (Å²) in [5, 5.41) is 4.21. The Balaban J connectivity index is 0.00000225. The van der Waals surface area contributed by atoms with Gasteiger partial charge in [0, 0.05) is 46.9 Å². The van der Waals surface area contributed by atoms with Crippen LogP contribution in [0.3, 0.4) is 0 Å². The molecule has 0 spiro atoms. The molecule has 10 heteroatoms. The molecule has 0 bridgehead atoms. The van der Waals surface area contributed by atoms with E-state index >= 15 is 0 Å². The Morgan fingerprint density at radius 3 is 2.68 bits per heavy atom. The van der Waals surface area contributed by atoms with E-state index in [0.717, 1.165) is 52.1 Å². The summed E-state index contributed by atoms with van der Waals surface area (Å²) in [4.78, 5) is 6.72. The molecule has 4 rings (SSSR count). The average Bonchev–Trinajstić information content (AvgIpc) is 3.10. The lowest BCUT2D eigenvalue weighted by molar-refractivity contribution is 0.586. The van der Waals surface area contributed by atoms with Crippen molar-refractivity contribution in [2.75, 3.05) is 35.8 Å². The Morgan fingerprint density at radius 1 is 1.21 bits per heavy atom. The number of benzene rings is 1. The summed E-state index contributed by atoms with van der Waals surface area (Å²) in [6, 6.07) is 9.08. The third-order valence-electron chi connectivity index (χ3n) is 4.52. The number of anilines is 2. The molecule has 3 aromatic rings. The highest BCUT2D eigenvalue weighted by atomic mass is 79.9. The predicted molar refractivity (Wildman–Crippen MR) is 122 cm³/mol. The standard InChI is InChI=1S/C18H19BrN4O2S2.ClH/c1-12-10-13(19)2-3-15(12)22-27(24,25)17-11-14-16(26-17)4-5-21-18(14)23-8-6-20-7-9-23;/h2-5,10-11,20,22H,6-9H2,1H3;1H. The largest absolute Gasteiger partial charge is 0.354 e. The lowest BCUT2D eigenvalue weighted by Gasteiger charge is -2.28. The molecule has 150 valence electrons. The smallest absolute Gasteiger partial charge is 0.271 e. The molecule has 1 fully saturated rings. The zero-order valence-electron chi connectivity index (χ0n) is 15.1. The van der Waals surface area contributed by atoms with Gasteiger partial charge in [-0.3, -0.25) is 4.72 Å². The molecule has 0 aliphatic carbocycles. The summed E-state index contributed by atoms with van der Waals surface area (Å²) in [5.74, 6) is 0.853. The zero-order valence-corrected chi connectivity index (χ0v) is 19.1. The molecule has 0 saturated carbocycles. The number of aryl methyl sites for hydroxylation is 1. The van der Waals surface area contributed by atoms with Crippen LogP contribution in [0.2, 0.25) is 0 Å². The highest BCUT2D eigenvalue weighted by molar-refractivity contribution is 9.10. The fraction of sp³-hybridized carbons (Fsp3) is 0.278. The maximum absolute atomic E-state index is 12.9. The minimum absolute atomic E-state index is 0. The number of hydrogen-bond acceptors (Lipinski definition) is 6. The molecule has 1 aliphatic rings. The van der Waals surface area contributed by atoms with Crippen molar-refractivity contribution >= 4 is 71.3 Å². The van der Waals surface area contributed by atoms with Gasteiger partial charge in [0.05, 0.1) is 5.69 Å². The summed E-state index contributed by atoms with van der Waals surface area (Å²) in [6.07, 6.45) is 1.75. The number of halogens is 2. The number of aromatic nitrogens is 1. The highest BCUT2D eigenvalue weighted by Gasteiger charge is 2.22. The minimum Gasteiger partial charge on any atom is -0.354 e. The molecule has 0 unspecified atom stereocenters. The Hall–Kier alpha value is -1.39. The van der Waals surface area contributed by atoms with Crippen molar-refractivity contribution in [1.82, 2.24) is 10.3 Å². The normalized spacial score (nSPS) is 14.7. The van der Waals surface area contributed by atoms with Crippen molar-refractivity contribution in [3.8, 4) is 0 Å². The third kappa shape index (κ3) is 4.28. The molecule has 2 aromatic heterocycles. The number of fused-ring (bicyclic) bond motifs is 1. The van der Waals surface area contributed by atoms with Crippen LogP contribution in [-0.4, -0.2) is 39.6 Å². The van der Waals surface area contributed by atoms with Crippen LogP contribution in [0, 0.1) is 6.92 Å². The van der Waals surface area contributed by atoms with E-state index in [0.29, 0.717) is 9.90 Å². The van der Waals surface area contributed by atoms with Gasteiger partial charge in [-0.15, -0.1) is 23.7 Å². The van der Waals surface area contributed by atoms with E-state index in [9.17, 15) is 8.42 Å². The summed E-state index contributed by atoms with van der Waals surface area (Å²) < 4.78 is 30.7. The van der Waals surface area contributed by atoms with Crippen LogP contribution in [0.1, 0.15) is 5.56 Å². The molecule has 1 aromatic carbocycles. The monoisotopic (exact) mass is 502 g/mol. The van der Waals surface area contributed by atoms with Crippen LogP contribution in [0.5, 0.6) is 0 Å². The van der Waals surface area contributed by atoms with Gasteiger partial charge >= 0.3 is 0 Å². The number of thiophene rings is 1. The van der Waals surface area contributed by atoms with E-state index in [1.165, 1.54) is 11.3 Å². The van der Waals surface area contributed by atoms with Crippen molar-refractivity contribution in [2.45, 2.75) is 11.1 Å². The minimum atomic E-state index is -3.66. The summed E-state index contributed by atoms with van der Waals surface area (Å²) in [5.41, 5.74) is 1.44. The molecule has 28 heavy (non-hydrogen) atoms. The Labute approximate surface area is 182 Å². The second-order valence-corrected chi connectivity index (χ2v) is 10.3. The Kier molecular flexibility index (Phi) is 6.51. The number of piperazine rings is 1. The quantitative estimate of drug-likeness (QED) is 0.563. The topological polar surface area (TPSA) is 74.3 Å². The van der Waals surface area contributed by atoms with E-state index < -0.39 is 10.0 Å². The van der Waals surface area contributed by atoms with Gasteiger partial charge in [-0.1, -0.05) is 15.9 Å². The molecule has 3 heterocycles. The van der Waals surface area contributed by atoms with Crippen LogP contribution >= 0.6 is 39.7 Å². The average molecular weight is 504 g/mol. The zero-order chi connectivity index (χ0) is 19.0. The van der Waals surface area contributed by atoms with E-state index in [1.807, 2.05) is 25.1 Å². The number of nitrogens with one attached hydrogen (secondary N) is 2. The maximum atomic E-state index is 12.9. The lowest BCUT2D eigenvalue weighted by atomic mass is 10.2. The summed E-state index contributed by atoms with van der Waals surface area (Å²) >= 11 is 4.67. The Morgan fingerprint density at radius 2 is 1.96 bits per heavy atom. The second kappa shape index (κ2) is 8.54. The molecule has 0 atom stereocenters. The number of sulfonamides is 1. The number of hydrogen-bond donors (Lipinski definition) is 2. The van der Waals surface area contributed by atoms with Crippen molar-refractivity contribution < 1.29 is 8.42 Å². The Bertz CT molecular complexity index is 1100. The number of pyridine rings is 1. The first-order valence-corrected chi connectivity index (χ1v) is 11.7. The first-order chi connectivity index (χ1) is 12.9. The number of rotatable bonds is 4. The van der Waals surface area contributed by atoms with Crippen molar-refractivity contribution in [3.63, 3.8) is 0 Å². The molecule has 0 amide bonds. The molecule has 0 radical (unpaired) electrons. The second-order valence-electron chi connectivity index (χ2n) is 6.41. The van der Waals surface area contributed by atoms with Crippen LogP contribution in [-0.2, 0) is 10.0 Å². The van der Waals surface area contributed by atoms with E-state index in [2.05, 4.69) is 35.9 Å². The van der Waals surface area contributed by atoms with Crippen LogP contribution in [0.4, 0.5) is 11.5 Å². The van der Waals surface area contributed by atoms with Gasteiger partial charge in [-0.2, -0.15) is 0 Å². The van der Waals surface area contributed by atoms with Crippen LogP contribution < -0.4 is 14.9 Å². The third-order valence-corrected chi connectivity index (χ3v) is 7.95. The van der Waals surface area contributed by atoms with Crippen molar-refractivity contribution in [3.05, 3.63) is 46.6 Å². The lowest BCUT2D eigenvalue weighted by Crippen LogP contribution is -2.43. The summed E-state index contributed by atoms with van der Waals surface area (Å²) in [6.45, 7) is 5.40. The fourth-order valence-corrected chi connectivity index (χ4v) is 6.11. The van der Waals surface area contributed by atoms with E-state index in [1.54, 1.807) is 18.3 Å². The SMILES string of the molecule is Cc1cc(Br)ccc1NS(=O)(=O)c1cc2c(N3CCNCC3)nccc2s1.Cl. The van der Waals surface area contributed by atoms with Gasteiger partial charge in [0.2, 0.25) is 0 Å². The van der Waals surface area contributed by atoms with E-state index in [4.69, 9.17) is 0 Å². The predicted octanol–water partition coefficient (Wildman–Crippen LogP) is 4.00. The molecule has 1 saturated heterocycles. The number of nitrogens with zero attached hydrogens (tertiary/aromatic N) is 2. The van der Waals surface area contributed by atoms with Crippen LogP contribution in [0.15, 0.2) is 45.2 Å². The molecular weight excluding hydrogens is 484 g/mol. The van der Waals surface area contributed by atoms with Crippen molar-refractivity contribution in [2.24, 2.45) is 0 Å². The van der Waals surface area contributed by atoms with Gasteiger partial charge < -0.3 is 10.2 Å². The molecule has 2 N–H and O–H groups in total. The van der Waals surface area contributed by atoms with Crippen LogP contribution in [0.25, 0.3) is 10.1 Å². The summed E-state index contributed by atoms with van der Waals surface area (Å²) in [7, 11) is -3.66. The van der Waals surface area contributed by atoms with Gasteiger partial charge in [0.15, 0.2) is 0 Å². The van der Waals surface area contributed by atoms with Crippen molar-refractivity contribution in [1.29, 1.82) is 0 Å². The molecular formula is C18H20BrClN4O2S2.